The standard InChI is InChI=1S/C20H27N/c1-4-15-21-20(5-2)16(3)17-11-13-19(14-12-17)18-9-7-6-8-10-18/h6-14,16,20-21H,4-5,15H2,1-3H3. The Hall–Kier alpha value is -1.60. The molecule has 0 bridgehead atoms. The van der Waals surface area contributed by atoms with Crippen molar-refractivity contribution >= 4 is 0 Å². The summed E-state index contributed by atoms with van der Waals surface area (Å²) in [6, 6.07) is 20.2. The molecule has 0 radical (unpaired) electrons. The monoisotopic (exact) mass is 281 g/mol. The van der Waals surface area contributed by atoms with Crippen molar-refractivity contribution in [2.75, 3.05) is 6.54 Å². The summed E-state index contributed by atoms with van der Waals surface area (Å²) >= 11 is 0. The van der Waals surface area contributed by atoms with E-state index in [9.17, 15) is 0 Å². The second-order valence-corrected chi connectivity index (χ2v) is 5.75. The van der Waals surface area contributed by atoms with Gasteiger partial charge in [0, 0.05) is 6.04 Å². The van der Waals surface area contributed by atoms with E-state index in [1.807, 2.05) is 0 Å². The van der Waals surface area contributed by atoms with Crippen LogP contribution in [0.15, 0.2) is 54.6 Å². The summed E-state index contributed by atoms with van der Waals surface area (Å²) < 4.78 is 0. The summed E-state index contributed by atoms with van der Waals surface area (Å²) in [5, 5.41) is 3.66. The Morgan fingerprint density at radius 2 is 1.48 bits per heavy atom. The largest absolute Gasteiger partial charge is 0.313 e. The number of hydrogen-bond donors (Lipinski definition) is 1. The minimum Gasteiger partial charge on any atom is -0.313 e. The molecule has 1 nitrogen and oxygen atoms in total. The number of rotatable bonds is 7. The van der Waals surface area contributed by atoms with Crippen molar-refractivity contribution in [2.24, 2.45) is 0 Å². The zero-order chi connectivity index (χ0) is 15.1. The first kappa shape index (κ1) is 15.8. The van der Waals surface area contributed by atoms with Gasteiger partial charge < -0.3 is 5.32 Å². The van der Waals surface area contributed by atoms with Crippen molar-refractivity contribution in [1.29, 1.82) is 0 Å². The average molecular weight is 281 g/mol. The molecule has 2 aromatic rings. The van der Waals surface area contributed by atoms with Crippen LogP contribution in [0.4, 0.5) is 0 Å². The Labute approximate surface area is 129 Å². The maximum absolute atomic E-state index is 3.66. The van der Waals surface area contributed by atoms with Crippen LogP contribution < -0.4 is 5.32 Å². The van der Waals surface area contributed by atoms with E-state index in [4.69, 9.17) is 0 Å². The predicted octanol–water partition coefficient (Wildman–Crippen LogP) is 5.24. The predicted molar refractivity (Wildman–Crippen MR) is 92.7 cm³/mol. The lowest BCUT2D eigenvalue weighted by molar-refractivity contribution is 0.438. The molecule has 0 aliphatic carbocycles. The van der Waals surface area contributed by atoms with E-state index < -0.39 is 0 Å². The van der Waals surface area contributed by atoms with Gasteiger partial charge in [-0.2, -0.15) is 0 Å². The topological polar surface area (TPSA) is 12.0 Å². The first-order valence-corrected chi connectivity index (χ1v) is 8.15. The molecule has 0 aliphatic heterocycles. The quantitative estimate of drug-likeness (QED) is 0.732. The van der Waals surface area contributed by atoms with E-state index in [0.29, 0.717) is 12.0 Å². The summed E-state index contributed by atoms with van der Waals surface area (Å²) in [6.07, 6.45) is 2.36. The summed E-state index contributed by atoms with van der Waals surface area (Å²) in [6.45, 7) is 7.92. The molecular weight excluding hydrogens is 254 g/mol. The smallest absolute Gasteiger partial charge is 0.0130 e. The third kappa shape index (κ3) is 4.18. The Balaban J connectivity index is 2.10. The minimum absolute atomic E-state index is 0.548. The van der Waals surface area contributed by atoms with Gasteiger partial charge >= 0.3 is 0 Å². The molecule has 1 heteroatoms. The highest BCUT2D eigenvalue weighted by Gasteiger charge is 2.16. The number of hydrogen-bond acceptors (Lipinski definition) is 1. The van der Waals surface area contributed by atoms with E-state index in [1.54, 1.807) is 0 Å². The van der Waals surface area contributed by atoms with Crippen LogP contribution >= 0.6 is 0 Å². The van der Waals surface area contributed by atoms with E-state index in [0.717, 1.165) is 6.54 Å². The van der Waals surface area contributed by atoms with Gasteiger partial charge in [-0.3, -0.25) is 0 Å². The molecule has 2 atom stereocenters. The fourth-order valence-electron chi connectivity index (χ4n) is 2.85. The van der Waals surface area contributed by atoms with E-state index >= 15 is 0 Å². The van der Waals surface area contributed by atoms with Gasteiger partial charge in [0.15, 0.2) is 0 Å². The lowest BCUT2D eigenvalue weighted by atomic mass is 9.90. The van der Waals surface area contributed by atoms with Gasteiger partial charge in [0.1, 0.15) is 0 Å². The number of benzene rings is 2. The molecule has 0 spiro atoms. The molecule has 0 saturated carbocycles. The molecule has 2 unspecified atom stereocenters. The van der Waals surface area contributed by atoms with Gasteiger partial charge in [0.2, 0.25) is 0 Å². The molecule has 1 N–H and O–H groups in total. The normalized spacial score (nSPS) is 13.9. The lowest BCUT2D eigenvalue weighted by Crippen LogP contribution is -2.33. The zero-order valence-corrected chi connectivity index (χ0v) is 13.5. The van der Waals surface area contributed by atoms with Crippen LogP contribution in [0, 0.1) is 0 Å². The first-order chi connectivity index (χ1) is 10.3. The van der Waals surface area contributed by atoms with Crippen molar-refractivity contribution in [3.8, 4) is 11.1 Å². The van der Waals surface area contributed by atoms with Crippen molar-refractivity contribution in [3.05, 3.63) is 60.2 Å². The van der Waals surface area contributed by atoms with E-state index in [2.05, 4.69) is 80.7 Å². The Kier molecular flexibility index (Phi) is 6.01. The van der Waals surface area contributed by atoms with Crippen LogP contribution in [0.5, 0.6) is 0 Å². The van der Waals surface area contributed by atoms with Crippen molar-refractivity contribution < 1.29 is 0 Å². The Morgan fingerprint density at radius 3 is 2.05 bits per heavy atom. The molecule has 0 heterocycles. The van der Waals surface area contributed by atoms with Crippen LogP contribution in [-0.4, -0.2) is 12.6 Å². The van der Waals surface area contributed by atoms with Gasteiger partial charge in [0.05, 0.1) is 0 Å². The van der Waals surface area contributed by atoms with Crippen LogP contribution in [0.2, 0.25) is 0 Å². The molecule has 0 aliphatic rings. The molecular formula is C20H27N. The fourth-order valence-corrected chi connectivity index (χ4v) is 2.85. The van der Waals surface area contributed by atoms with Crippen LogP contribution in [0.3, 0.4) is 0 Å². The highest BCUT2D eigenvalue weighted by Crippen LogP contribution is 2.25. The van der Waals surface area contributed by atoms with Gasteiger partial charge in [-0.1, -0.05) is 75.4 Å². The SMILES string of the molecule is CCCNC(CC)C(C)c1ccc(-c2ccccc2)cc1. The molecule has 0 fully saturated rings. The molecule has 2 rings (SSSR count). The van der Waals surface area contributed by atoms with Crippen LogP contribution in [-0.2, 0) is 0 Å². The second kappa shape index (κ2) is 7.99. The maximum Gasteiger partial charge on any atom is 0.0130 e. The Morgan fingerprint density at radius 1 is 0.857 bits per heavy atom. The van der Waals surface area contributed by atoms with Crippen LogP contribution in [0.25, 0.3) is 11.1 Å². The van der Waals surface area contributed by atoms with Gasteiger partial charge in [-0.25, -0.2) is 0 Å². The lowest BCUT2D eigenvalue weighted by Gasteiger charge is -2.24. The van der Waals surface area contributed by atoms with Gasteiger partial charge in [-0.15, -0.1) is 0 Å². The van der Waals surface area contributed by atoms with Crippen molar-refractivity contribution in [2.45, 2.75) is 45.6 Å². The summed E-state index contributed by atoms with van der Waals surface area (Å²) in [5.41, 5.74) is 4.00. The number of nitrogens with one attached hydrogen (secondary N) is 1. The van der Waals surface area contributed by atoms with Crippen molar-refractivity contribution in [3.63, 3.8) is 0 Å². The van der Waals surface area contributed by atoms with Crippen LogP contribution in [0.1, 0.15) is 45.1 Å². The molecule has 2 aromatic carbocycles. The fraction of sp³-hybridized carbons (Fsp3) is 0.400. The van der Waals surface area contributed by atoms with E-state index in [1.165, 1.54) is 29.5 Å². The molecule has 21 heavy (non-hydrogen) atoms. The summed E-state index contributed by atoms with van der Waals surface area (Å²) in [7, 11) is 0. The minimum atomic E-state index is 0.548. The maximum atomic E-state index is 3.66. The highest BCUT2D eigenvalue weighted by molar-refractivity contribution is 5.63. The molecule has 0 amide bonds. The third-order valence-corrected chi connectivity index (χ3v) is 4.24. The van der Waals surface area contributed by atoms with Gasteiger partial charge in [-0.05, 0) is 42.0 Å². The zero-order valence-electron chi connectivity index (χ0n) is 13.5. The van der Waals surface area contributed by atoms with Crippen molar-refractivity contribution in [1.82, 2.24) is 5.32 Å². The molecule has 0 aromatic heterocycles. The Bertz CT molecular complexity index is 515. The molecule has 0 saturated heterocycles. The average Bonchev–Trinajstić information content (AvgIpc) is 2.56. The van der Waals surface area contributed by atoms with E-state index in [-0.39, 0.29) is 0 Å². The van der Waals surface area contributed by atoms with Gasteiger partial charge in [0.25, 0.3) is 0 Å². The summed E-state index contributed by atoms with van der Waals surface area (Å²) in [5.74, 6) is 0.548. The first-order valence-electron chi connectivity index (χ1n) is 8.15. The second-order valence-electron chi connectivity index (χ2n) is 5.75. The highest BCUT2D eigenvalue weighted by atomic mass is 14.9. The summed E-state index contributed by atoms with van der Waals surface area (Å²) in [4.78, 5) is 0. The third-order valence-electron chi connectivity index (χ3n) is 4.24. The molecule has 112 valence electrons.